The number of halogens is 1. The third-order valence-electron chi connectivity index (χ3n) is 7.15. The highest BCUT2D eigenvalue weighted by atomic mass is 19.1. The summed E-state index contributed by atoms with van der Waals surface area (Å²) in [5.74, 6) is 0.118. The second-order valence-corrected chi connectivity index (χ2v) is 10.1. The lowest BCUT2D eigenvalue weighted by Gasteiger charge is -2.25. The van der Waals surface area contributed by atoms with Gasteiger partial charge in [0.05, 0.1) is 17.5 Å². The zero-order valence-corrected chi connectivity index (χ0v) is 22.5. The van der Waals surface area contributed by atoms with E-state index in [9.17, 15) is 14.0 Å². The summed E-state index contributed by atoms with van der Waals surface area (Å²) in [4.78, 5) is 33.2. The van der Waals surface area contributed by atoms with Crippen LogP contribution in [0.5, 0.6) is 11.5 Å². The van der Waals surface area contributed by atoms with E-state index in [1.807, 2.05) is 30.3 Å². The van der Waals surface area contributed by atoms with Gasteiger partial charge >= 0.3 is 0 Å². The molecule has 3 aromatic carbocycles. The predicted molar refractivity (Wildman–Crippen MR) is 150 cm³/mol. The number of nitrogens with one attached hydrogen (secondary N) is 1. The minimum absolute atomic E-state index is 0.0948. The second kappa shape index (κ2) is 11.4. The Hall–Kier alpha value is -4.70. The van der Waals surface area contributed by atoms with Crippen LogP contribution in [-0.2, 0) is 9.53 Å². The van der Waals surface area contributed by atoms with E-state index in [1.54, 1.807) is 48.0 Å². The van der Waals surface area contributed by atoms with Crippen LogP contribution < -0.4 is 14.8 Å². The summed E-state index contributed by atoms with van der Waals surface area (Å²) in [6.45, 7) is 2.43. The van der Waals surface area contributed by atoms with Gasteiger partial charge in [0.2, 0.25) is 18.6 Å². The molecule has 41 heavy (non-hydrogen) atoms. The molecule has 0 saturated carbocycles. The van der Waals surface area contributed by atoms with Crippen LogP contribution in [0.3, 0.4) is 0 Å². The first-order valence-corrected chi connectivity index (χ1v) is 13.5. The molecular formula is C31H29FN4O5. The molecule has 2 amide bonds. The minimum atomic E-state index is -0.448. The number of hydrogen-bond donors (Lipinski definition) is 1. The molecule has 0 spiro atoms. The summed E-state index contributed by atoms with van der Waals surface area (Å²) < 4.78 is 32.7. The number of carbonyl (C=O) groups excluding carboxylic acids is 2. The van der Waals surface area contributed by atoms with Gasteiger partial charge in [-0.3, -0.25) is 19.5 Å². The molecule has 3 heterocycles. The van der Waals surface area contributed by atoms with Gasteiger partial charge in [-0.15, -0.1) is 0 Å². The molecular weight excluding hydrogens is 527 g/mol. The number of imidazole rings is 1. The van der Waals surface area contributed by atoms with Gasteiger partial charge in [-0.05, 0) is 55.7 Å². The van der Waals surface area contributed by atoms with E-state index in [0.717, 1.165) is 18.4 Å². The van der Waals surface area contributed by atoms with Crippen molar-refractivity contribution in [3.8, 4) is 28.4 Å². The molecule has 1 fully saturated rings. The SMILES string of the molecule is Cc1ccc(-n2cc(-c3ccccc3)nc2NC(=O)CN(CC2CCCO2)C(=O)c2ccc3c(c2)OCO3)cc1F. The van der Waals surface area contributed by atoms with Gasteiger partial charge in [0.1, 0.15) is 12.4 Å². The molecule has 1 saturated heterocycles. The number of fused-ring (bicyclic) bond motifs is 1. The van der Waals surface area contributed by atoms with E-state index in [4.69, 9.17) is 14.2 Å². The average Bonchev–Trinajstić information content (AvgIpc) is 3.75. The van der Waals surface area contributed by atoms with Crippen molar-refractivity contribution in [2.75, 3.05) is 31.8 Å². The molecule has 0 aliphatic carbocycles. The molecule has 10 heteroatoms. The molecule has 9 nitrogen and oxygen atoms in total. The highest BCUT2D eigenvalue weighted by molar-refractivity contribution is 5.99. The Kier molecular flexibility index (Phi) is 7.39. The van der Waals surface area contributed by atoms with E-state index in [-0.39, 0.29) is 43.7 Å². The Morgan fingerprint density at radius 1 is 1.07 bits per heavy atom. The Labute approximate surface area is 236 Å². The Morgan fingerprint density at radius 2 is 1.90 bits per heavy atom. The zero-order chi connectivity index (χ0) is 28.3. The number of amides is 2. The number of ether oxygens (including phenoxy) is 3. The fourth-order valence-electron chi connectivity index (χ4n) is 4.95. The van der Waals surface area contributed by atoms with E-state index in [0.29, 0.717) is 40.6 Å². The lowest BCUT2D eigenvalue weighted by molar-refractivity contribution is -0.117. The average molecular weight is 557 g/mol. The Balaban J connectivity index is 1.27. The van der Waals surface area contributed by atoms with Crippen molar-refractivity contribution in [2.45, 2.75) is 25.9 Å². The van der Waals surface area contributed by atoms with Gasteiger partial charge in [-0.25, -0.2) is 9.37 Å². The lowest BCUT2D eigenvalue weighted by atomic mass is 10.1. The van der Waals surface area contributed by atoms with Crippen molar-refractivity contribution in [1.29, 1.82) is 0 Å². The summed E-state index contributed by atoms with van der Waals surface area (Å²) >= 11 is 0. The van der Waals surface area contributed by atoms with Crippen LogP contribution in [0.1, 0.15) is 28.8 Å². The fourth-order valence-corrected chi connectivity index (χ4v) is 4.95. The first-order chi connectivity index (χ1) is 19.9. The molecule has 210 valence electrons. The summed E-state index contributed by atoms with van der Waals surface area (Å²) in [6.07, 6.45) is 3.28. The van der Waals surface area contributed by atoms with Crippen molar-refractivity contribution in [1.82, 2.24) is 14.5 Å². The number of rotatable bonds is 8. The molecule has 2 aliphatic rings. The molecule has 1 aromatic heterocycles. The number of hydrogen-bond acceptors (Lipinski definition) is 6. The molecule has 6 rings (SSSR count). The summed E-state index contributed by atoms with van der Waals surface area (Å²) in [5.41, 5.74) is 2.84. The summed E-state index contributed by atoms with van der Waals surface area (Å²) in [7, 11) is 0. The number of nitrogens with zero attached hydrogens (tertiary/aromatic N) is 3. The fraction of sp³-hybridized carbons (Fsp3) is 0.258. The van der Waals surface area contributed by atoms with Crippen molar-refractivity contribution >= 4 is 17.8 Å². The van der Waals surface area contributed by atoms with Crippen LogP contribution in [-0.4, -0.2) is 58.9 Å². The number of aryl methyl sites for hydroxylation is 1. The summed E-state index contributed by atoms with van der Waals surface area (Å²) in [6, 6.07) is 19.3. The zero-order valence-electron chi connectivity index (χ0n) is 22.5. The number of anilines is 1. The number of aromatic nitrogens is 2. The molecule has 1 N–H and O–H groups in total. The third-order valence-corrected chi connectivity index (χ3v) is 7.15. The lowest BCUT2D eigenvalue weighted by Crippen LogP contribution is -2.42. The van der Waals surface area contributed by atoms with Crippen molar-refractivity contribution in [3.05, 3.63) is 89.9 Å². The maximum absolute atomic E-state index is 14.5. The summed E-state index contributed by atoms with van der Waals surface area (Å²) in [5, 5.41) is 2.85. The molecule has 2 aliphatic heterocycles. The van der Waals surface area contributed by atoms with Crippen LogP contribution >= 0.6 is 0 Å². The van der Waals surface area contributed by atoms with Gasteiger partial charge in [0.15, 0.2) is 11.5 Å². The second-order valence-electron chi connectivity index (χ2n) is 10.1. The largest absolute Gasteiger partial charge is 0.454 e. The predicted octanol–water partition coefficient (Wildman–Crippen LogP) is 4.98. The van der Waals surface area contributed by atoms with Gasteiger partial charge in [0, 0.05) is 30.5 Å². The van der Waals surface area contributed by atoms with Crippen LogP contribution in [0.4, 0.5) is 10.3 Å². The monoisotopic (exact) mass is 556 g/mol. The quantitative estimate of drug-likeness (QED) is 0.329. The van der Waals surface area contributed by atoms with E-state index >= 15 is 0 Å². The van der Waals surface area contributed by atoms with E-state index in [1.165, 1.54) is 11.0 Å². The first-order valence-electron chi connectivity index (χ1n) is 13.5. The third kappa shape index (κ3) is 5.78. The molecule has 1 atom stereocenters. The molecule has 1 unspecified atom stereocenters. The number of benzene rings is 3. The topological polar surface area (TPSA) is 94.9 Å². The Bertz CT molecular complexity index is 1580. The van der Waals surface area contributed by atoms with Crippen LogP contribution in [0, 0.1) is 12.7 Å². The Morgan fingerprint density at radius 3 is 2.68 bits per heavy atom. The normalized spacial score (nSPS) is 15.6. The van der Waals surface area contributed by atoms with Gasteiger partial charge in [0.25, 0.3) is 5.91 Å². The molecule has 0 bridgehead atoms. The van der Waals surface area contributed by atoms with Crippen LogP contribution in [0.2, 0.25) is 0 Å². The standard InChI is InChI=1S/C31H29FN4O5/c1-20-9-11-23(15-25(20)32)36-17-26(21-6-3-2-4-7-21)33-31(36)34-29(37)18-35(16-24-8-5-13-39-24)30(38)22-10-12-27-28(14-22)41-19-40-27/h2-4,6-7,9-12,14-15,17,24H,5,8,13,16,18-19H2,1H3,(H,33,34,37). The van der Waals surface area contributed by atoms with E-state index in [2.05, 4.69) is 10.3 Å². The van der Waals surface area contributed by atoms with Gasteiger partial charge in [-0.1, -0.05) is 36.4 Å². The van der Waals surface area contributed by atoms with Crippen molar-refractivity contribution in [3.63, 3.8) is 0 Å². The molecule has 4 aromatic rings. The smallest absolute Gasteiger partial charge is 0.254 e. The highest BCUT2D eigenvalue weighted by Gasteiger charge is 2.27. The van der Waals surface area contributed by atoms with Crippen molar-refractivity contribution < 1.29 is 28.2 Å². The first kappa shape index (κ1) is 26.5. The maximum atomic E-state index is 14.5. The number of carbonyl (C=O) groups is 2. The van der Waals surface area contributed by atoms with Gasteiger partial charge < -0.3 is 19.1 Å². The van der Waals surface area contributed by atoms with Gasteiger partial charge in [-0.2, -0.15) is 0 Å². The molecule has 0 radical (unpaired) electrons. The van der Waals surface area contributed by atoms with E-state index < -0.39 is 5.91 Å². The van der Waals surface area contributed by atoms with Crippen molar-refractivity contribution in [2.24, 2.45) is 0 Å². The highest BCUT2D eigenvalue weighted by Crippen LogP contribution is 2.33. The minimum Gasteiger partial charge on any atom is -0.454 e. The van der Waals surface area contributed by atoms with Crippen LogP contribution in [0.25, 0.3) is 16.9 Å². The van der Waals surface area contributed by atoms with Crippen LogP contribution in [0.15, 0.2) is 72.9 Å². The maximum Gasteiger partial charge on any atom is 0.254 e.